The Morgan fingerprint density at radius 2 is 2.20 bits per heavy atom. The third-order valence-electron chi connectivity index (χ3n) is 1.87. The molecule has 2 aromatic heterocycles. The second-order valence-corrected chi connectivity index (χ2v) is 3.24. The summed E-state index contributed by atoms with van der Waals surface area (Å²) in [5.74, 6) is 0.323. The molecule has 5 heteroatoms. The van der Waals surface area contributed by atoms with Crippen LogP contribution < -0.4 is 4.74 Å². The highest BCUT2D eigenvalue weighted by Gasteiger charge is 2.06. The maximum absolute atomic E-state index is 5.93. The maximum Gasteiger partial charge on any atom is 0.252 e. The summed E-state index contributed by atoms with van der Waals surface area (Å²) in [5, 5.41) is 8.26. The standard InChI is InChI=1S/C10H8ClN3O/c1-15-10-8(11)5-9(13-14-10)7-3-2-4-12-6-7/h2-6H,1H3. The SMILES string of the molecule is COc1nnc(-c2cccnc2)cc1Cl. The Balaban J connectivity index is 2.43. The van der Waals surface area contributed by atoms with Crippen molar-refractivity contribution in [2.45, 2.75) is 0 Å². The van der Waals surface area contributed by atoms with Crippen molar-refractivity contribution in [3.8, 4) is 17.1 Å². The predicted octanol–water partition coefficient (Wildman–Crippen LogP) is 2.20. The van der Waals surface area contributed by atoms with Crippen molar-refractivity contribution in [3.63, 3.8) is 0 Å². The molecule has 76 valence electrons. The fourth-order valence-electron chi connectivity index (χ4n) is 1.15. The molecule has 0 spiro atoms. The van der Waals surface area contributed by atoms with Gasteiger partial charge in [0.1, 0.15) is 5.02 Å². The summed E-state index contributed by atoms with van der Waals surface area (Å²) in [6.45, 7) is 0. The fraction of sp³-hybridized carbons (Fsp3) is 0.100. The lowest BCUT2D eigenvalue weighted by molar-refractivity contribution is 0.392. The van der Waals surface area contributed by atoms with Crippen LogP contribution in [0.2, 0.25) is 5.02 Å². The molecule has 0 saturated heterocycles. The van der Waals surface area contributed by atoms with E-state index in [0.29, 0.717) is 16.6 Å². The van der Waals surface area contributed by atoms with Gasteiger partial charge in [-0.2, -0.15) is 0 Å². The fourth-order valence-corrected chi connectivity index (χ4v) is 1.37. The summed E-state index contributed by atoms with van der Waals surface area (Å²) >= 11 is 5.93. The molecular weight excluding hydrogens is 214 g/mol. The Hall–Kier alpha value is -1.68. The topological polar surface area (TPSA) is 47.9 Å². The van der Waals surface area contributed by atoms with Gasteiger partial charge in [-0.1, -0.05) is 11.6 Å². The lowest BCUT2D eigenvalue weighted by Gasteiger charge is -2.02. The molecule has 0 saturated carbocycles. The first-order valence-electron chi connectivity index (χ1n) is 4.29. The first kappa shape index (κ1) is 9.86. The summed E-state index contributed by atoms with van der Waals surface area (Å²) in [6.07, 6.45) is 3.40. The van der Waals surface area contributed by atoms with Crippen LogP contribution in [0.5, 0.6) is 5.88 Å². The quantitative estimate of drug-likeness (QED) is 0.780. The van der Waals surface area contributed by atoms with Crippen LogP contribution in [0, 0.1) is 0 Å². The van der Waals surface area contributed by atoms with E-state index in [4.69, 9.17) is 16.3 Å². The molecule has 0 unspecified atom stereocenters. The molecule has 0 aromatic carbocycles. The van der Waals surface area contributed by atoms with E-state index in [0.717, 1.165) is 5.56 Å². The average Bonchev–Trinajstić information content (AvgIpc) is 2.30. The summed E-state index contributed by atoms with van der Waals surface area (Å²) in [7, 11) is 1.50. The van der Waals surface area contributed by atoms with E-state index in [1.807, 2.05) is 12.1 Å². The summed E-state index contributed by atoms with van der Waals surface area (Å²) < 4.78 is 4.91. The molecule has 2 heterocycles. The second kappa shape index (κ2) is 4.23. The average molecular weight is 222 g/mol. The molecule has 2 aromatic rings. The molecule has 0 aliphatic carbocycles. The maximum atomic E-state index is 5.93. The zero-order valence-corrected chi connectivity index (χ0v) is 8.77. The van der Waals surface area contributed by atoms with Crippen LogP contribution in [0.4, 0.5) is 0 Å². The van der Waals surface area contributed by atoms with Crippen molar-refractivity contribution in [3.05, 3.63) is 35.6 Å². The van der Waals surface area contributed by atoms with E-state index < -0.39 is 0 Å². The van der Waals surface area contributed by atoms with Gasteiger partial charge in [-0.05, 0) is 18.2 Å². The highest BCUT2D eigenvalue weighted by Crippen LogP contribution is 2.24. The van der Waals surface area contributed by atoms with Crippen LogP contribution in [-0.2, 0) is 0 Å². The molecule has 0 bridgehead atoms. The van der Waals surface area contributed by atoms with E-state index in [1.54, 1.807) is 18.5 Å². The number of pyridine rings is 1. The van der Waals surface area contributed by atoms with Crippen LogP contribution in [-0.4, -0.2) is 22.3 Å². The van der Waals surface area contributed by atoms with Gasteiger partial charge in [0.05, 0.1) is 12.8 Å². The summed E-state index contributed by atoms with van der Waals surface area (Å²) in [6, 6.07) is 5.42. The van der Waals surface area contributed by atoms with Crippen molar-refractivity contribution >= 4 is 11.6 Å². The zero-order valence-electron chi connectivity index (χ0n) is 8.01. The van der Waals surface area contributed by atoms with Crippen molar-refractivity contribution < 1.29 is 4.74 Å². The molecule has 2 rings (SSSR count). The minimum atomic E-state index is 0.323. The van der Waals surface area contributed by atoms with Gasteiger partial charge in [0.2, 0.25) is 0 Å². The van der Waals surface area contributed by atoms with Gasteiger partial charge < -0.3 is 4.74 Å². The third kappa shape index (κ3) is 2.05. The van der Waals surface area contributed by atoms with Crippen molar-refractivity contribution in [1.29, 1.82) is 0 Å². The van der Waals surface area contributed by atoms with Crippen LogP contribution in [0.15, 0.2) is 30.6 Å². The van der Waals surface area contributed by atoms with Gasteiger partial charge in [0.15, 0.2) is 0 Å². The molecule has 0 radical (unpaired) electrons. The third-order valence-corrected chi connectivity index (χ3v) is 2.14. The second-order valence-electron chi connectivity index (χ2n) is 2.83. The largest absolute Gasteiger partial charge is 0.479 e. The van der Waals surface area contributed by atoms with E-state index >= 15 is 0 Å². The number of hydrogen-bond donors (Lipinski definition) is 0. The molecule has 0 aliphatic heterocycles. The van der Waals surface area contributed by atoms with E-state index in [9.17, 15) is 0 Å². The van der Waals surface area contributed by atoms with Gasteiger partial charge in [0.25, 0.3) is 5.88 Å². The number of hydrogen-bond acceptors (Lipinski definition) is 4. The summed E-state index contributed by atoms with van der Waals surface area (Å²) in [5.41, 5.74) is 1.54. The Morgan fingerprint density at radius 3 is 2.80 bits per heavy atom. The number of aromatic nitrogens is 3. The number of rotatable bonds is 2. The van der Waals surface area contributed by atoms with Crippen molar-refractivity contribution in [1.82, 2.24) is 15.2 Å². The van der Waals surface area contributed by atoms with Crippen LogP contribution in [0.1, 0.15) is 0 Å². The minimum Gasteiger partial charge on any atom is -0.479 e. The molecule has 15 heavy (non-hydrogen) atoms. The van der Waals surface area contributed by atoms with E-state index in [2.05, 4.69) is 15.2 Å². The van der Waals surface area contributed by atoms with Gasteiger partial charge in [-0.3, -0.25) is 4.98 Å². The number of nitrogens with zero attached hydrogens (tertiary/aromatic N) is 3. The molecule has 0 aliphatic rings. The van der Waals surface area contributed by atoms with E-state index in [-0.39, 0.29) is 0 Å². The number of methoxy groups -OCH3 is 1. The zero-order chi connectivity index (χ0) is 10.7. The molecule has 0 fully saturated rings. The molecular formula is C10H8ClN3O. The first-order chi connectivity index (χ1) is 7.31. The Morgan fingerprint density at radius 1 is 1.33 bits per heavy atom. The van der Waals surface area contributed by atoms with Gasteiger partial charge in [-0.15, -0.1) is 10.2 Å². The van der Waals surface area contributed by atoms with E-state index in [1.165, 1.54) is 7.11 Å². The van der Waals surface area contributed by atoms with Crippen LogP contribution in [0.3, 0.4) is 0 Å². The van der Waals surface area contributed by atoms with Crippen LogP contribution in [0.25, 0.3) is 11.3 Å². The monoisotopic (exact) mass is 221 g/mol. The summed E-state index contributed by atoms with van der Waals surface area (Å²) in [4.78, 5) is 3.99. The van der Waals surface area contributed by atoms with Gasteiger partial charge in [0, 0.05) is 18.0 Å². The minimum absolute atomic E-state index is 0.323. The predicted molar refractivity (Wildman–Crippen MR) is 56.8 cm³/mol. The van der Waals surface area contributed by atoms with Gasteiger partial charge in [-0.25, -0.2) is 0 Å². The highest BCUT2D eigenvalue weighted by atomic mass is 35.5. The van der Waals surface area contributed by atoms with Crippen molar-refractivity contribution in [2.24, 2.45) is 0 Å². The normalized spacial score (nSPS) is 10.0. The smallest absolute Gasteiger partial charge is 0.252 e. The Labute approximate surface area is 91.9 Å². The molecule has 0 amide bonds. The first-order valence-corrected chi connectivity index (χ1v) is 4.66. The number of ether oxygens (including phenoxy) is 1. The number of halogens is 1. The molecule has 0 atom stereocenters. The van der Waals surface area contributed by atoms with Crippen molar-refractivity contribution in [2.75, 3.05) is 7.11 Å². The Kier molecular flexibility index (Phi) is 2.78. The van der Waals surface area contributed by atoms with Crippen LogP contribution >= 0.6 is 11.6 Å². The van der Waals surface area contributed by atoms with Gasteiger partial charge >= 0.3 is 0 Å². The molecule has 0 N–H and O–H groups in total. The molecule has 4 nitrogen and oxygen atoms in total. The Bertz CT molecular complexity index is 461. The lowest BCUT2D eigenvalue weighted by atomic mass is 10.2. The highest BCUT2D eigenvalue weighted by molar-refractivity contribution is 6.32. The lowest BCUT2D eigenvalue weighted by Crippen LogP contribution is -1.93.